The molecule has 14 heavy (non-hydrogen) atoms. The van der Waals surface area contributed by atoms with Crippen LogP contribution in [0.4, 0.5) is 13.2 Å². The summed E-state index contributed by atoms with van der Waals surface area (Å²) in [7, 11) is 0. The molecule has 72 valence electrons. The monoisotopic (exact) mass is 199 g/mol. The van der Waals surface area contributed by atoms with Crippen molar-refractivity contribution in [2.45, 2.75) is 6.18 Å². The molecule has 0 N–H and O–H groups in total. The van der Waals surface area contributed by atoms with Crippen molar-refractivity contribution in [2.24, 2.45) is 0 Å². The third-order valence-electron chi connectivity index (χ3n) is 1.61. The van der Waals surface area contributed by atoms with Crippen LogP contribution in [-0.2, 0) is 6.18 Å². The smallest absolute Gasteiger partial charge is 0.298 e. The van der Waals surface area contributed by atoms with Gasteiger partial charge in [0.1, 0.15) is 6.29 Å². The molecule has 2 nitrogen and oxygen atoms in total. The van der Waals surface area contributed by atoms with E-state index < -0.39 is 17.3 Å². The van der Waals surface area contributed by atoms with E-state index in [-0.39, 0.29) is 5.56 Å². The number of nitriles is 1. The van der Waals surface area contributed by atoms with Gasteiger partial charge in [-0.3, -0.25) is 4.79 Å². The van der Waals surface area contributed by atoms with E-state index in [1.165, 1.54) is 6.07 Å². The van der Waals surface area contributed by atoms with Crippen LogP contribution in [-0.4, -0.2) is 6.29 Å². The average molecular weight is 199 g/mol. The van der Waals surface area contributed by atoms with E-state index in [4.69, 9.17) is 5.26 Å². The Morgan fingerprint density at radius 2 is 2.00 bits per heavy atom. The summed E-state index contributed by atoms with van der Waals surface area (Å²) >= 11 is 0. The fourth-order valence-electron chi connectivity index (χ4n) is 0.975. The molecule has 0 bridgehead atoms. The van der Waals surface area contributed by atoms with Crippen LogP contribution >= 0.6 is 0 Å². The summed E-state index contributed by atoms with van der Waals surface area (Å²) in [6.07, 6.45) is -4.17. The van der Waals surface area contributed by atoms with Crippen molar-refractivity contribution in [3.63, 3.8) is 0 Å². The van der Waals surface area contributed by atoms with Crippen LogP contribution in [0.25, 0.3) is 0 Å². The molecule has 0 spiro atoms. The Hall–Kier alpha value is -1.83. The number of benzene rings is 1. The van der Waals surface area contributed by atoms with Gasteiger partial charge in [-0.05, 0) is 12.1 Å². The van der Waals surface area contributed by atoms with Crippen LogP contribution in [0.15, 0.2) is 18.2 Å². The summed E-state index contributed by atoms with van der Waals surface area (Å²) in [6, 6.07) is 4.06. The lowest BCUT2D eigenvalue weighted by molar-refractivity contribution is -0.137. The van der Waals surface area contributed by atoms with Crippen molar-refractivity contribution in [3.05, 3.63) is 34.9 Å². The second-order valence-electron chi connectivity index (χ2n) is 2.53. The first-order valence-corrected chi connectivity index (χ1v) is 3.55. The molecule has 0 fully saturated rings. The number of nitrogens with zero attached hydrogens (tertiary/aromatic N) is 1. The van der Waals surface area contributed by atoms with E-state index in [0.717, 1.165) is 18.2 Å². The summed E-state index contributed by atoms with van der Waals surface area (Å²) in [5.74, 6) is 0. The van der Waals surface area contributed by atoms with Gasteiger partial charge in [-0.2, -0.15) is 18.4 Å². The molecule has 1 rings (SSSR count). The highest BCUT2D eigenvalue weighted by Gasteiger charge is 2.33. The molecule has 0 unspecified atom stereocenters. The molecular formula is C9H4F3NO. The molecule has 5 heteroatoms. The van der Waals surface area contributed by atoms with Crippen molar-refractivity contribution in [2.75, 3.05) is 0 Å². The first-order chi connectivity index (χ1) is 6.49. The topological polar surface area (TPSA) is 40.9 Å². The third kappa shape index (κ3) is 1.91. The highest BCUT2D eigenvalue weighted by atomic mass is 19.4. The minimum Gasteiger partial charge on any atom is -0.298 e. The van der Waals surface area contributed by atoms with Gasteiger partial charge in [-0.1, -0.05) is 6.07 Å². The van der Waals surface area contributed by atoms with Crippen LogP contribution in [0.2, 0.25) is 0 Å². The van der Waals surface area contributed by atoms with Crippen molar-refractivity contribution in [3.8, 4) is 6.07 Å². The fraction of sp³-hybridized carbons (Fsp3) is 0.111. The molecule has 0 amide bonds. The van der Waals surface area contributed by atoms with E-state index in [1.54, 1.807) is 0 Å². The van der Waals surface area contributed by atoms with Gasteiger partial charge < -0.3 is 0 Å². The Balaban J connectivity index is 3.34. The van der Waals surface area contributed by atoms with E-state index in [9.17, 15) is 18.0 Å². The molecule has 0 atom stereocenters. The molecule has 0 saturated heterocycles. The van der Waals surface area contributed by atoms with Crippen LogP contribution < -0.4 is 0 Å². The van der Waals surface area contributed by atoms with E-state index in [0.29, 0.717) is 6.29 Å². The van der Waals surface area contributed by atoms with Crippen molar-refractivity contribution in [1.29, 1.82) is 5.26 Å². The first-order valence-electron chi connectivity index (χ1n) is 3.55. The van der Waals surface area contributed by atoms with Gasteiger partial charge in [0.05, 0.1) is 17.2 Å². The largest absolute Gasteiger partial charge is 0.417 e. The number of aldehydes is 1. The number of carbonyl (C=O) groups is 1. The zero-order valence-corrected chi connectivity index (χ0v) is 6.80. The number of carbonyl (C=O) groups excluding carboxylic acids is 1. The highest BCUT2D eigenvalue weighted by molar-refractivity contribution is 5.75. The van der Waals surface area contributed by atoms with Gasteiger partial charge in [0.15, 0.2) is 0 Å². The molecule has 0 aliphatic carbocycles. The fourth-order valence-corrected chi connectivity index (χ4v) is 0.975. The predicted molar refractivity (Wildman–Crippen MR) is 41.5 cm³/mol. The first kappa shape index (κ1) is 10.3. The van der Waals surface area contributed by atoms with Crippen molar-refractivity contribution >= 4 is 6.29 Å². The summed E-state index contributed by atoms with van der Waals surface area (Å²) in [4.78, 5) is 10.2. The molecule has 0 radical (unpaired) electrons. The molecule has 0 aromatic heterocycles. The van der Waals surface area contributed by atoms with Crippen LogP contribution in [0.5, 0.6) is 0 Å². The summed E-state index contributed by atoms with van der Waals surface area (Å²) in [5, 5.41) is 8.44. The molecule has 0 saturated carbocycles. The normalized spacial score (nSPS) is 10.7. The Bertz CT molecular complexity index is 403. The zero-order chi connectivity index (χ0) is 10.8. The van der Waals surface area contributed by atoms with Gasteiger partial charge in [0, 0.05) is 5.56 Å². The predicted octanol–water partition coefficient (Wildman–Crippen LogP) is 2.39. The number of hydrogen-bond acceptors (Lipinski definition) is 2. The standard InChI is InChI=1S/C9H4F3NO/c10-9(11,12)8-2-1-6(5-14)3-7(8)4-13/h1-3,5H. The van der Waals surface area contributed by atoms with Crippen LogP contribution in [0, 0.1) is 11.3 Å². The lowest BCUT2D eigenvalue weighted by atomic mass is 10.1. The van der Waals surface area contributed by atoms with Crippen molar-refractivity contribution < 1.29 is 18.0 Å². The quantitative estimate of drug-likeness (QED) is 0.651. The maximum Gasteiger partial charge on any atom is 0.417 e. The number of halogens is 3. The Morgan fingerprint density at radius 1 is 1.36 bits per heavy atom. The third-order valence-corrected chi connectivity index (χ3v) is 1.61. The molecule has 0 aliphatic heterocycles. The average Bonchev–Trinajstić information content (AvgIpc) is 2.15. The van der Waals surface area contributed by atoms with E-state index >= 15 is 0 Å². The zero-order valence-electron chi connectivity index (χ0n) is 6.80. The van der Waals surface area contributed by atoms with Gasteiger partial charge in [0.25, 0.3) is 0 Å². The number of hydrogen-bond donors (Lipinski definition) is 0. The number of alkyl halides is 3. The second-order valence-corrected chi connectivity index (χ2v) is 2.53. The van der Waals surface area contributed by atoms with Crippen molar-refractivity contribution in [1.82, 2.24) is 0 Å². The lowest BCUT2D eigenvalue weighted by Crippen LogP contribution is -2.07. The molecular weight excluding hydrogens is 195 g/mol. The summed E-state index contributed by atoms with van der Waals surface area (Å²) < 4.78 is 36.7. The highest BCUT2D eigenvalue weighted by Crippen LogP contribution is 2.31. The lowest BCUT2D eigenvalue weighted by Gasteiger charge is -2.07. The number of rotatable bonds is 1. The van der Waals surface area contributed by atoms with Crippen LogP contribution in [0.3, 0.4) is 0 Å². The molecule has 1 aromatic carbocycles. The Morgan fingerprint density at radius 3 is 2.43 bits per heavy atom. The van der Waals surface area contributed by atoms with E-state index in [1.807, 2.05) is 0 Å². The minimum atomic E-state index is -4.56. The summed E-state index contributed by atoms with van der Waals surface area (Å²) in [5.41, 5.74) is -1.51. The molecule has 0 heterocycles. The molecule has 0 aliphatic rings. The maximum absolute atomic E-state index is 12.2. The molecule has 1 aromatic rings. The minimum absolute atomic E-state index is 0.0505. The maximum atomic E-state index is 12.2. The van der Waals surface area contributed by atoms with Gasteiger partial charge in [0.2, 0.25) is 0 Å². The second kappa shape index (κ2) is 3.50. The van der Waals surface area contributed by atoms with E-state index in [2.05, 4.69) is 0 Å². The van der Waals surface area contributed by atoms with Gasteiger partial charge >= 0.3 is 6.18 Å². The van der Waals surface area contributed by atoms with Gasteiger partial charge in [-0.25, -0.2) is 0 Å². The Kier molecular flexibility index (Phi) is 2.56. The Labute approximate surface area is 77.6 Å². The SMILES string of the molecule is N#Cc1cc(C=O)ccc1C(F)(F)F. The van der Waals surface area contributed by atoms with Gasteiger partial charge in [-0.15, -0.1) is 0 Å². The summed E-state index contributed by atoms with van der Waals surface area (Å²) in [6.45, 7) is 0. The van der Waals surface area contributed by atoms with Crippen LogP contribution in [0.1, 0.15) is 21.5 Å².